The van der Waals surface area contributed by atoms with Crippen molar-refractivity contribution in [2.75, 3.05) is 25.1 Å². The first-order valence-corrected chi connectivity index (χ1v) is 11.8. The van der Waals surface area contributed by atoms with Crippen molar-refractivity contribution in [1.82, 2.24) is 20.6 Å². The maximum atomic E-state index is 12.6. The van der Waals surface area contributed by atoms with Gasteiger partial charge in [-0.1, -0.05) is 29.3 Å². The number of carbonyl (C=O) groups is 2. The van der Waals surface area contributed by atoms with E-state index in [1.807, 2.05) is 0 Å². The van der Waals surface area contributed by atoms with Gasteiger partial charge in [-0.2, -0.15) is 10.2 Å². The molecule has 0 saturated carbocycles. The topological polar surface area (TPSA) is 137 Å². The Balaban J connectivity index is 0.00000256. The van der Waals surface area contributed by atoms with Gasteiger partial charge in [0, 0.05) is 32.0 Å². The molecule has 1 fully saturated rings. The number of benzene rings is 1. The predicted molar refractivity (Wildman–Crippen MR) is 126 cm³/mol. The second kappa shape index (κ2) is 13.2. The number of hydrogen-bond donors (Lipinski definition) is 4. The fourth-order valence-electron chi connectivity index (χ4n) is 3.01. The Morgan fingerprint density at radius 1 is 1.22 bits per heavy atom. The van der Waals surface area contributed by atoms with Crippen molar-refractivity contribution < 1.29 is 23.7 Å². The summed E-state index contributed by atoms with van der Waals surface area (Å²) in [5, 5.41) is 13.7. The first-order valence-electron chi connectivity index (χ1n) is 8.99. The van der Waals surface area contributed by atoms with E-state index in [-0.39, 0.29) is 92.1 Å². The van der Waals surface area contributed by atoms with Gasteiger partial charge in [-0.05, 0) is 25.0 Å². The summed E-state index contributed by atoms with van der Waals surface area (Å²) in [5.74, 6) is -1.04. The van der Waals surface area contributed by atoms with E-state index in [1.165, 1.54) is 23.4 Å². The van der Waals surface area contributed by atoms with Crippen molar-refractivity contribution in [3.63, 3.8) is 0 Å². The molecule has 0 radical (unpaired) electrons. The van der Waals surface area contributed by atoms with E-state index >= 15 is 0 Å². The van der Waals surface area contributed by atoms with E-state index in [9.17, 15) is 19.0 Å². The van der Waals surface area contributed by atoms with Crippen LogP contribution in [0.15, 0.2) is 24.4 Å². The fourth-order valence-corrected chi connectivity index (χ4v) is 4.17. The minimum absolute atomic E-state index is 0. The zero-order valence-corrected chi connectivity index (χ0v) is 18.3. The van der Waals surface area contributed by atoms with Gasteiger partial charge in [-0.25, -0.2) is 4.62 Å². The molecule has 0 spiro atoms. The van der Waals surface area contributed by atoms with Crippen molar-refractivity contribution in [2.45, 2.75) is 18.9 Å². The zero-order valence-electron chi connectivity index (χ0n) is 15.9. The number of anilines is 1. The molecule has 1 aromatic carbocycles. The third kappa shape index (κ3) is 8.37. The molecule has 1 aliphatic heterocycles. The summed E-state index contributed by atoms with van der Waals surface area (Å²) in [6, 6.07) is 4.52. The van der Waals surface area contributed by atoms with Crippen LogP contribution in [0.2, 0.25) is 10.0 Å². The van der Waals surface area contributed by atoms with Gasteiger partial charge in [0.2, 0.25) is 0 Å². The molecule has 1 saturated heterocycles. The van der Waals surface area contributed by atoms with Gasteiger partial charge in [0.05, 0.1) is 21.3 Å². The number of nitrogens with zero attached hydrogens (tertiary/aromatic N) is 2. The number of halogens is 2. The van der Waals surface area contributed by atoms with Crippen LogP contribution in [0.3, 0.4) is 0 Å². The maximum absolute atomic E-state index is 12.6. The van der Waals surface area contributed by atoms with Crippen LogP contribution in [0, 0.1) is 0 Å². The number of carbonyl (C=O) groups excluding carboxylic acids is 2. The molecule has 2 heterocycles. The molecule has 4 N–H and O–H groups in total. The van der Waals surface area contributed by atoms with Crippen molar-refractivity contribution in [3.8, 4) is 0 Å². The van der Waals surface area contributed by atoms with Gasteiger partial charge >= 0.3 is 66.7 Å². The van der Waals surface area contributed by atoms with E-state index in [2.05, 4.69) is 20.8 Å². The summed E-state index contributed by atoms with van der Waals surface area (Å²) >= 11 is 12.1. The van der Waals surface area contributed by atoms with Crippen LogP contribution in [0.5, 0.6) is 0 Å². The van der Waals surface area contributed by atoms with E-state index in [0.29, 0.717) is 25.9 Å². The SMILES string of the molecule is CP(=O)(O)ON1CCC(NC(=O)c2n[nH]cc2NC(=O)c2c(Cl)cccc2Cl)CC1.[NaH].[NaH]. The van der Waals surface area contributed by atoms with Crippen LogP contribution in [0.25, 0.3) is 0 Å². The van der Waals surface area contributed by atoms with Crippen molar-refractivity contribution in [1.29, 1.82) is 0 Å². The molecule has 1 aromatic heterocycles. The Bertz CT molecular complexity index is 977. The van der Waals surface area contributed by atoms with Gasteiger partial charge in [-0.15, -0.1) is 0 Å². The summed E-state index contributed by atoms with van der Waals surface area (Å²) in [6.07, 6.45) is 2.42. The first kappa shape index (κ1) is 30.1. The Hall–Kier alpha value is 0.0600. The second-order valence-electron chi connectivity index (χ2n) is 6.76. The number of nitrogens with one attached hydrogen (secondary N) is 3. The molecule has 1 aliphatic rings. The van der Waals surface area contributed by atoms with E-state index in [1.54, 1.807) is 6.07 Å². The standard InChI is InChI=1S/C17H20Cl2N5O5P.2Na.2H/c1-30(27,28)29-24-7-5-10(6-8-24)21-17(26)15-13(9-20-23-15)22-16(25)14-11(18)3-2-4-12(14)19;;;;/h2-4,9-10H,5-8H2,1H3,(H,20,23)(H,21,26)(H,22,25)(H,27,28);;;;. The van der Waals surface area contributed by atoms with Crippen LogP contribution < -0.4 is 10.6 Å². The Morgan fingerprint density at radius 3 is 2.38 bits per heavy atom. The molecule has 0 bridgehead atoms. The summed E-state index contributed by atoms with van der Waals surface area (Å²) < 4.78 is 16.3. The number of amides is 2. The van der Waals surface area contributed by atoms with Crippen LogP contribution in [-0.2, 0) is 9.19 Å². The van der Waals surface area contributed by atoms with Crippen LogP contribution in [0.1, 0.15) is 33.7 Å². The number of hydroxylamine groups is 2. The van der Waals surface area contributed by atoms with Gasteiger partial charge in [0.1, 0.15) is 0 Å². The van der Waals surface area contributed by atoms with Gasteiger partial charge in [-0.3, -0.25) is 19.3 Å². The molecule has 10 nitrogen and oxygen atoms in total. The first-order chi connectivity index (χ1) is 14.1. The van der Waals surface area contributed by atoms with Crippen LogP contribution in [0.4, 0.5) is 5.69 Å². The van der Waals surface area contributed by atoms with E-state index < -0.39 is 19.4 Å². The molecule has 2 aromatic rings. The number of aromatic amines is 1. The molecule has 166 valence electrons. The molecule has 0 aliphatic carbocycles. The quantitative estimate of drug-likeness (QED) is 0.333. The van der Waals surface area contributed by atoms with Crippen molar-refractivity contribution in [2.24, 2.45) is 0 Å². The van der Waals surface area contributed by atoms with Gasteiger partial charge in [0.25, 0.3) is 11.8 Å². The Labute approximate surface area is 239 Å². The van der Waals surface area contributed by atoms with Crippen LogP contribution in [-0.4, -0.2) is 117 Å². The summed E-state index contributed by atoms with van der Waals surface area (Å²) in [6.45, 7) is 1.89. The number of piperidine rings is 1. The van der Waals surface area contributed by atoms with Gasteiger partial charge in [0.15, 0.2) is 5.69 Å². The molecular weight excluding hydrogens is 502 g/mol. The van der Waals surface area contributed by atoms with Crippen molar-refractivity contribution in [3.05, 3.63) is 45.7 Å². The van der Waals surface area contributed by atoms with Crippen molar-refractivity contribution >= 4 is 107 Å². The molecule has 32 heavy (non-hydrogen) atoms. The molecule has 1 unspecified atom stereocenters. The Kier molecular flexibility index (Phi) is 12.4. The summed E-state index contributed by atoms with van der Waals surface area (Å²) in [7, 11) is -3.61. The number of rotatable bonds is 6. The fraction of sp³-hybridized carbons (Fsp3) is 0.353. The van der Waals surface area contributed by atoms with Gasteiger partial charge < -0.3 is 15.5 Å². The monoisotopic (exact) mass is 523 g/mol. The third-order valence-electron chi connectivity index (χ3n) is 4.35. The summed E-state index contributed by atoms with van der Waals surface area (Å²) in [4.78, 5) is 34.5. The molecular formula is C17H22Cl2N5Na2O5P. The van der Waals surface area contributed by atoms with E-state index in [0.717, 1.165) is 6.66 Å². The van der Waals surface area contributed by atoms with Crippen LogP contribution >= 0.6 is 30.8 Å². The number of H-pyrrole nitrogens is 1. The molecule has 1 atom stereocenters. The Morgan fingerprint density at radius 2 is 1.81 bits per heavy atom. The predicted octanol–water partition coefficient (Wildman–Crippen LogP) is 1.61. The minimum atomic E-state index is -3.61. The molecule has 2 amide bonds. The number of aromatic nitrogens is 2. The second-order valence-corrected chi connectivity index (χ2v) is 9.34. The molecule has 3 rings (SSSR count). The zero-order chi connectivity index (χ0) is 21.9. The molecule has 15 heteroatoms. The van der Waals surface area contributed by atoms with E-state index in [4.69, 9.17) is 27.8 Å². The number of hydrogen-bond acceptors (Lipinski definition) is 6. The normalized spacial score (nSPS) is 16.2. The third-order valence-corrected chi connectivity index (χ3v) is 5.51. The summed E-state index contributed by atoms with van der Waals surface area (Å²) in [5.41, 5.74) is 0.290. The average Bonchev–Trinajstić information content (AvgIpc) is 3.10. The average molecular weight is 524 g/mol.